The number of aromatic nitrogens is 4. The maximum absolute atomic E-state index is 13.6. The molecule has 0 saturated heterocycles. The summed E-state index contributed by atoms with van der Waals surface area (Å²) in [6.07, 6.45) is 7.62. The lowest BCUT2D eigenvalue weighted by Crippen LogP contribution is -2.43. The van der Waals surface area contributed by atoms with E-state index in [1.54, 1.807) is 26.6 Å². The van der Waals surface area contributed by atoms with E-state index in [2.05, 4.69) is 10.3 Å². The van der Waals surface area contributed by atoms with Crippen LogP contribution in [0, 0.1) is 6.92 Å². The number of amides is 2. The summed E-state index contributed by atoms with van der Waals surface area (Å²) < 4.78 is 12.5. The number of carbonyl (C=O) groups is 1. The maximum Gasteiger partial charge on any atom is 0.322 e. The highest BCUT2D eigenvalue weighted by atomic mass is 35.5. The molecular formula is C30H33ClN6O3. The van der Waals surface area contributed by atoms with Crippen molar-refractivity contribution in [3.05, 3.63) is 71.5 Å². The van der Waals surface area contributed by atoms with Gasteiger partial charge >= 0.3 is 6.03 Å². The molecule has 4 aromatic rings. The molecule has 1 N–H and O–H groups in total. The summed E-state index contributed by atoms with van der Waals surface area (Å²) in [7, 11) is 3.22. The molecule has 0 atom stereocenters. The lowest BCUT2D eigenvalue weighted by atomic mass is 10.2. The number of ether oxygens (including phenoxy) is 2. The first kappa shape index (κ1) is 27.5. The Labute approximate surface area is 239 Å². The van der Waals surface area contributed by atoms with Gasteiger partial charge in [0.15, 0.2) is 11.6 Å². The number of methoxy groups -OCH3 is 2. The topological polar surface area (TPSA) is 94.4 Å². The molecule has 2 aromatic heterocycles. The molecule has 1 aliphatic carbocycles. The van der Waals surface area contributed by atoms with Crippen molar-refractivity contribution < 1.29 is 14.3 Å². The van der Waals surface area contributed by atoms with E-state index >= 15 is 0 Å². The third kappa shape index (κ3) is 6.04. The van der Waals surface area contributed by atoms with Gasteiger partial charge in [-0.05, 0) is 73.9 Å². The van der Waals surface area contributed by atoms with Gasteiger partial charge in [-0.2, -0.15) is 5.10 Å². The molecule has 0 radical (unpaired) electrons. The van der Waals surface area contributed by atoms with Crippen LogP contribution >= 0.6 is 11.6 Å². The molecule has 2 aromatic carbocycles. The maximum atomic E-state index is 13.6. The van der Waals surface area contributed by atoms with Crippen LogP contribution in [0.1, 0.15) is 31.2 Å². The monoisotopic (exact) mass is 560 g/mol. The van der Waals surface area contributed by atoms with Gasteiger partial charge in [-0.15, -0.1) is 0 Å². The van der Waals surface area contributed by atoms with Crippen LogP contribution in [0.2, 0.25) is 5.02 Å². The summed E-state index contributed by atoms with van der Waals surface area (Å²) in [4.78, 5) is 24.5. The number of anilines is 1. The van der Waals surface area contributed by atoms with Crippen molar-refractivity contribution in [2.75, 3.05) is 26.1 Å². The van der Waals surface area contributed by atoms with Gasteiger partial charge in [0.1, 0.15) is 11.5 Å². The molecule has 208 valence electrons. The van der Waals surface area contributed by atoms with Crippen LogP contribution in [0.15, 0.2) is 60.9 Å². The lowest BCUT2D eigenvalue weighted by Gasteiger charge is -2.29. The Bertz CT molecular complexity index is 1470. The molecule has 2 heterocycles. The van der Waals surface area contributed by atoms with Crippen molar-refractivity contribution in [1.29, 1.82) is 0 Å². The molecule has 2 amide bonds. The number of benzene rings is 2. The van der Waals surface area contributed by atoms with E-state index in [1.807, 2.05) is 65.0 Å². The Kier molecular flexibility index (Phi) is 8.50. The van der Waals surface area contributed by atoms with E-state index in [0.29, 0.717) is 35.5 Å². The Morgan fingerprint density at radius 1 is 1.05 bits per heavy atom. The van der Waals surface area contributed by atoms with E-state index in [9.17, 15) is 4.79 Å². The highest BCUT2D eigenvalue weighted by Gasteiger charge is 2.28. The van der Waals surface area contributed by atoms with Crippen molar-refractivity contribution in [3.8, 4) is 34.3 Å². The molecule has 5 rings (SSSR count). The number of halogens is 1. The molecule has 9 nitrogen and oxygen atoms in total. The van der Waals surface area contributed by atoms with Crippen LogP contribution in [-0.2, 0) is 6.54 Å². The summed E-state index contributed by atoms with van der Waals surface area (Å²) in [5.74, 6) is 2.58. The summed E-state index contributed by atoms with van der Waals surface area (Å²) >= 11 is 6.46. The zero-order chi connectivity index (χ0) is 28.1. The summed E-state index contributed by atoms with van der Waals surface area (Å²) in [6, 6.07) is 15.0. The average molecular weight is 561 g/mol. The molecule has 1 saturated carbocycles. The fourth-order valence-electron chi connectivity index (χ4n) is 5.10. The molecular weight excluding hydrogens is 528 g/mol. The Morgan fingerprint density at radius 3 is 2.50 bits per heavy atom. The molecule has 1 fully saturated rings. The quantitative estimate of drug-likeness (QED) is 0.252. The first-order valence-corrected chi connectivity index (χ1v) is 13.8. The fraction of sp³-hybridized carbons (Fsp3) is 0.333. The van der Waals surface area contributed by atoms with Crippen LogP contribution in [0.5, 0.6) is 11.5 Å². The molecule has 0 spiro atoms. The van der Waals surface area contributed by atoms with E-state index in [-0.39, 0.29) is 12.1 Å². The minimum atomic E-state index is -0.122. The van der Waals surface area contributed by atoms with Crippen LogP contribution in [0.4, 0.5) is 10.5 Å². The lowest BCUT2D eigenvalue weighted by molar-refractivity contribution is 0.184. The van der Waals surface area contributed by atoms with Crippen LogP contribution < -0.4 is 14.8 Å². The van der Waals surface area contributed by atoms with Gasteiger partial charge in [-0.3, -0.25) is 4.98 Å². The first-order chi connectivity index (χ1) is 19.5. The molecule has 40 heavy (non-hydrogen) atoms. The minimum Gasteiger partial charge on any atom is -0.497 e. The number of nitrogens with zero attached hydrogens (tertiary/aromatic N) is 5. The molecule has 0 bridgehead atoms. The molecule has 0 aliphatic heterocycles. The van der Waals surface area contributed by atoms with Gasteiger partial charge in [0.25, 0.3) is 0 Å². The highest BCUT2D eigenvalue weighted by Crippen LogP contribution is 2.31. The van der Waals surface area contributed by atoms with E-state index < -0.39 is 0 Å². The third-order valence-corrected chi connectivity index (χ3v) is 7.57. The normalized spacial score (nSPS) is 13.3. The predicted octanol–water partition coefficient (Wildman–Crippen LogP) is 6.46. The van der Waals surface area contributed by atoms with Gasteiger partial charge in [-0.25, -0.2) is 14.5 Å². The number of rotatable bonds is 9. The number of urea groups is 1. The van der Waals surface area contributed by atoms with Gasteiger partial charge in [0, 0.05) is 41.8 Å². The van der Waals surface area contributed by atoms with Crippen molar-refractivity contribution in [3.63, 3.8) is 0 Å². The number of hydrogen-bond donors (Lipinski definition) is 1. The van der Waals surface area contributed by atoms with E-state index in [1.165, 1.54) is 0 Å². The van der Waals surface area contributed by atoms with E-state index in [4.69, 9.17) is 31.2 Å². The predicted molar refractivity (Wildman–Crippen MR) is 156 cm³/mol. The number of nitrogens with one attached hydrogen (secondary N) is 1. The summed E-state index contributed by atoms with van der Waals surface area (Å²) in [5.41, 5.74) is 3.37. The second-order valence-electron chi connectivity index (χ2n) is 9.81. The van der Waals surface area contributed by atoms with Crippen molar-refractivity contribution >= 4 is 23.3 Å². The van der Waals surface area contributed by atoms with Gasteiger partial charge in [-0.1, -0.05) is 24.4 Å². The van der Waals surface area contributed by atoms with Crippen molar-refractivity contribution in [2.45, 2.75) is 45.2 Å². The minimum absolute atomic E-state index is 0.122. The number of carbonyl (C=O) groups excluding carboxylic acids is 1. The van der Waals surface area contributed by atoms with Crippen molar-refractivity contribution in [1.82, 2.24) is 24.6 Å². The standard InChI is InChI=1S/C30H33ClN6O3/c1-20-18-24(39-2)9-10-26(20)33-30(38)36(23-6-4-5-7-23)16-17-37-29(22-8-11-27(40-3)25(31)19-22)34-28(35-37)21-12-14-32-15-13-21/h8-15,18-19,23H,4-7,16-17H2,1-3H3,(H,33,38). The van der Waals surface area contributed by atoms with Crippen LogP contribution in [0.25, 0.3) is 22.8 Å². The zero-order valence-electron chi connectivity index (χ0n) is 22.9. The van der Waals surface area contributed by atoms with Crippen molar-refractivity contribution in [2.24, 2.45) is 0 Å². The fourth-order valence-corrected chi connectivity index (χ4v) is 5.36. The Morgan fingerprint density at radius 2 is 1.82 bits per heavy atom. The van der Waals surface area contributed by atoms with E-state index in [0.717, 1.165) is 53.8 Å². The summed E-state index contributed by atoms with van der Waals surface area (Å²) in [5, 5.41) is 8.44. The average Bonchev–Trinajstić information content (AvgIpc) is 3.66. The van der Waals surface area contributed by atoms with Gasteiger partial charge in [0.2, 0.25) is 0 Å². The largest absolute Gasteiger partial charge is 0.497 e. The molecule has 1 aliphatic rings. The van der Waals surface area contributed by atoms with Gasteiger partial charge < -0.3 is 19.7 Å². The smallest absolute Gasteiger partial charge is 0.322 e. The first-order valence-electron chi connectivity index (χ1n) is 13.4. The molecule has 0 unspecified atom stereocenters. The second-order valence-corrected chi connectivity index (χ2v) is 10.2. The Balaban J connectivity index is 1.43. The van der Waals surface area contributed by atoms with Gasteiger partial charge in [0.05, 0.1) is 25.8 Å². The number of pyridine rings is 1. The molecule has 10 heteroatoms. The zero-order valence-corrected chi connectivity index (χ0v) is 23.7. The second kappa shape index (κ2) is 12.4. The highest BCUT2D eigenvalue weighted by molar-refractivity contribution is 6.32. The van der Waals surface area contributed by atoms with Crippen LogP contribution in [-0.4, -0.2) is 57.5 Å². The third-order valence-electron chi connectivity index (χ3n) is 7.27. The Hall–Kier alpha value is -4.11. The number of aryl methyl sites for hydroxylation is 1. The van der Waals surface area contributed by atoms with Crippen LogP contribution in [0.3, 0.4) is 0 Å². The summed E-state index contributed by atoms with van der Waals surface area (Å²) in [6.45, 7) is 2.89. The SMILES string of the molecule is COc1ccc(NC(=O)N(CCn2nc(-c3ccncc3)nc2-c2ccc(OC)c(Cl)c2)C2CCCC2)c(C)c1. The number of hydrogen-bond acceptors (Lipinski definition) is 6.